The van der Waals surface area contributed by atoms with Crippen molar-refractivity contribution in [2.24, 2.45) is 0 Å². The maximum atomic E-state index is 13.8. The highest BCUT2D eigenvalue weighted by molar-refractivity contribution is 8.77. The Hall–Kier alpha value is -9.82. The number of unbranched alkanes of at least 4 members (excludes halogenated alkanes) is 2. The summed E-state index contributed by atoms with van der Waals surface area (Å²) in [7, 11) is 3.87. The number of carbonyl (C=O) groups is 12. The molecular formula is C63H82N14O20S4. The maximum Gasteiger partial charge on any atom is 0.408 e. The van der Waals surface area contributed by atoms with Crippen molar-refractivity contribution in [2.75, 3.05) is 35.2 Å². The molecule has 0 saturated heterocycles. The summed E-state index contributed by atoms with van der Waals surface area (Å²) in [6.07, 6.45) is 0.514. The number of rotatable bonds is 38. The summed E-state index contributed by atoms with van der Waals surface area (Å²) >= 11 is 0. The summed E-state index contributed by atoms with van der Waals surface area (Å²) < 4.78 is 20.7. The lowest BCUT2D eigenvalue weighted by Gasteiger charge is -2.23. The van der Waals surface area contributed by atoms with Crippen molar-refractivity contribution < 1.29 is 86.3 Å². The number of anilines is 2. The molecule has 2 aromatic carbocycles. The van der Waals surface area contributed by atoms with Gasteiger partial charge in [0.25, 0.3) is 11.8 Å². The number of imide groups is 2. The molecule has 4 unspecified atom stereocenters. The average Bonchev–Trinajstić information content (AvgIpc) is 0.891. The Balaban J connectivity index is 1.43. The predicted octanol–water partition coefficient (Wildman–Crippen LogP) is 7.80. The molecule has 2 heterocycles. The van der Waals surface area contributed by atoms with Gasteiger partial charge in [-0.25, -0.2) is 29.1 Å². The van der Waals surface area contributed by atoms with Crippen molar-refractivity contribution >= 4 is 138 Å². The summed E-state index contributed by atoms with van der Waals surface area (Å²) in [4.78, 5) is 186. The number of pyridine rings is 2. The van der Waals surface area contributed by atoms with Gasteiger partial charge in [0.05, 0.1) is 9.85 Å². The van der Waals surface area contributed by atoms with Crippen LogP contribution in [0.3, 0.4) is 0 Å². The number of ether oxygens (including phenoxy) is 4. The van der Waals surface area contributed by atoms with Gasteiger partial charge in [-0.15, -0.1) is 0 Å². The van der Waals surface area contributed by atoms with Crippen LogP contribution in [-0.2, 0) is 70.5 Å². The molecule has 34 nitrogen and oxygen atoms in total. The quantitative estimate of drug-likeness (QED) is 0.00511. The molecule has 38 heteroatoms. The van der Waals surface area contributed by atoms with Gasteiger partial charge in [-0.05, 0) is 156 Å². The van der Waals surface area contributed by atoms with Gasteiger partial charge in [0.1, 0.15) is 48.6 Å². The summed E-state index contributed by atoms with van der Waals surface area (Å²) in [6, 6.07) is 10.5. The molecule has 12 amide bonds. The van der Waals surface area contributed by atoms with E-state index in [1.165, 1.54) is 74.8 Å². The van der Waals surface area contributed by atoms with Gasteiger partial charge in [-0.2, -0.15) is 0 Å². The lowest BCUT2D eigenvalue weighted by Crippen LogP contribution is -2.50. The molecule has 0 radical (unpaired) electrons. The van der Waals surface area contributed by atoms with Crippen LogP contribution < -0.4 is 53.2 Å². The monoisotopic (exact) mass is 1480 g/mol. The lowest BCUT2D eigenvalue weighted by atomic mass is 10.1. The van der Waals surface area contributed by atoms with E-state index in [2.05, 4.69) is 63.1 Å². The number of nitro groups is 2. The van der Waals surface area contributed by atoms with Crippen molar-refractivity contribution in [3.63, 3.8) is 0 Å². The first-order chi connectivity index (χ1) is 47.7. The number of nitrogens with one attached hydrogen (secondary N) is 10. The first-order valence-corrected chi connectivity index (χ1v) is 36.0. The van der Waals surface area contributed by atoms with Crippen LogP contribution in [0.15, 0.2) is 95.2 Å². The maximum absolute atomic E-state index is 13.8. The third kappa shape index (κ3) is 34.7. The Bertz CT molecular complexity index is 3320. The van der Waals surface area contributed by atoms with E-state index in [0.29, 0.717) is 11.1 Å². The van der Waals surface area contributed by atoms with Crippen LogP contribution in [0.1, 0.15) is 124 Å². The van der Waals surface area contributed by atoms with Crippen molar-refractivity contribution in [1.82, 2.24) is 52.5 Å². The molecule has 0 spiro atoms. The predicted molar refractivity (Wildman–Crippen MR) is 374 cm³/mol. The largest absolute Gasteiger partial charge is 0.461 e. The first kappa shape index (κ1) is 83.6. The highest BCUT2D eigenvalue weighted by Crippen LogP contribution is 2.37. The van der Waals surface area contributed by atoms with Crippen LogP contribution in [-0.4, -0.2) is 151 Å². The Kier molecular flexibility index (Phi) is 35.6. The van der Waals surface area contributed by atoms with E-state index in [9.17, 15) is 77.8 Å². The molecule has 4 aromatic rings. The van der Waals surface area contributed by atoms with Crippen LogP contribution in [0.2, 0.25) is 0 Å². The number of amides is 12. The van der Waals surface area contributed by atoms with E-state index in [0.717, 1.165) is 43.2 Å². The van der Waals surface area contributed by atoms with Crippen LogP contribution in [0.25, 0.3) is 0 Å². The molecule has 548 valence electrons. The second-order valence-electron chi connectivity index (χ2n) is 23.8. The first-order valence-electron chi connectivity index (χ1n) is 31.3. The second-order valence-corrected chi connectivity index (χ2v) is 28.5. The molecule has 0 aliphatic rings. The number of carbonyl (C=O) groups excluding carboxylic acids is 12. The van der Waals surface area contributed by atoms with E-state index >= 15 is 0 Å². The van der Waals surface area contributed by atoms with Gasteiger partial charge in [0, 0.05) is 87.2 Å². The number of hydrogen-bond donors (Lipinski definition) is 10. The molecule has 0 bridgehead atoms. The number of hydrogen-bond acceptors (Lipinski definition) is 26. The van der Waals surface area contributed by atoms with Gasteiger partial charge < -0.3 is 61.5 Å². The third-order valence-corrected chi connectivity index (χ3v) is 17.6. The van der Waals surface area contributed by atoms with Crippen LogP contribution in [0.5, 0.6) is 0 Å². The summed E-state index contributed by atoms with van der Waals surface area (Å²) in [5.41, 5.74) is -0.667. The van der Waals surface area contributed by atoms with Crippen LogP contribution in [0, 0.1) is 20.2 Å². The SMILES string of the molecule is CC(=O)OCc1ccc(NC(=O)NC(=O)C(CCCCNC(=O)C(CSSc2ncccc2[N+](=O)[O-])NC(=O)OC(C)(C)C)NC(=O)CCCC(=O)NC(CCCCNC(=O)C(CSSc2ncccc2[N+](=O)[O-])NC(=O)OC(C)(C)C)C(=O)NC(=O)Nc2ccc(COC(C)=O)cc2)cc1. The molecule has 10 N–H and O–H groups in total. The zero-order valence-corrected chi connectivity index (χ0v) is 59.9. The summed E-state index contributed by atoms with van der Waals surface area (Å²) in [5.74, 6) is -5.83. The fourth-order valence-corrected chi connectivity index (χ4v) is 12.7. The zero-order chi connectivity index (χ0) is 74.7. The molecule has 0 saturated carbocycles. The second kappa shape index (κ2) is 43.0. The number of alkyl carbamates (subject to hydrolysis) is 2. The number of nitrogens with zero attached hydrogens (tertiary/aromatic N) is 4. The summed E-state index contributed by atoms with van der Waals surface area (Å²) in [6.45, 7) is 12.1. The number of esters is 2. The number of urea groups is 2. The molecule has 0 aliphatic heterocycles. The van der Waals surface area contributed by atoms with Crippen molar-refractivity contribution in [2.45, 2.75) is 172 Å². The molecule has 101 heavy (non-hydrogen) atoms. The Morgan fingerprint density at radius 3 is 1.19 bits per heavy atom. The Morgan fingerprint density at radius 1 is 0.485 bits per heavy atom. The molecule has 2 aromatic heterocycles. The van der Waals surface area contributed by atoms with E-state index in [-0.39, 0.29) is 128 Å². The molecule has 4 rings (SSSR count). The molecule has 0 aliphatic carbocycles. The highest BCUT2D eigenvalue weighted by atomic mass is 33.1. The lowest BCUT2D eigenvalue weighted by molar-refractivity contribution is -0.388. The van der Waals surface area contributed by atoms with Gasteiger partial charge in [-0.1, -0.05) is 45.9 Å². The standard InChI is InChI=1S/C63H82N14O20S4/c1-38(78)94-34-40-22-26-42(27-23-40)68-58(86)74-54(84)44(16-9-11-30-64-52(82)46(72-60(88)96-62(3,4)5)36-98-100-56-48(76(90)91)18-14-32-66-56)70-50(80)20-13-21-51(81)71-45(55(85)75-59(87)69-43-28-24-41(25-29-43)35-95-39(2)79)17-10-12-31-65-53(83)47(73-61(89)97-63(6,7)8)37-99-101-57-49(77(92)93)19-15-33-67-57/h14-15,18-19,22-29,32-33,44-47H,9-13,16-17,20-21,30-31,34-37H2,1-8H3,(H,64,82)(H,65,83)(H,70,80)(H,71,81)(H,72,88)(H,73,89)(H2,68,74,84,86)(H2,69,75,85,87). The minimum absolute atomic E-state index is 0.0183. The highest BCUT2D eigenvalue weighted by Gasteiger charge is 2.30. The van der Waals surface area contributed by atoms with E-state index in [1.807, 2.05) is 0 Å². The van der Waals surface area contributed by atoms with E-state index < -0.39 is 117 Å². The van der Waals surface area contributed by atoms with Gasteiger partial charge in [-0.3, -0.25) is 69.2 Å². The number of benzene rings is 2. The Labute approximate surface area is 596 Å². The van der Waals surface area contributed by atoms with Gasteiger partial charge in [0.2, 0.25) is 23.6 Å². The van der Waals surface area contributed by atoms with Gasteiger partial charge >= 0.3 is 47.6 Å². The topological polar surface area (TPSA) is 474 Å². The normalized spacial score (nSPS) is 12.2. The van der Waals surface area contributed by atoms with E-state index in [4.69, 9.17) is 18.9 Å². The summed E-state index contributed by atoms with van der Waals surface area (Å²) in [5, 5.41) is 48.3. The van der Waals surface area contributed by atoms with Crippen molar-refractivity contribution in [3.05, 3.63) is 117 Å². The Morgan fingerprint density at radius 2 is 0.851 bits per heavy atom. The molecule has 4 atom stereocenters. The minimum Gasteiger partial charge on any atom is -0.461 e. The smallest absolute Gasteiger partial charge is 0.408 e. The van der Waals surface area contributed by atoms with E-state index in [1.54, 1.807) is 65.8 Å². The van der Waals surface area contributed by atoms with Gasteiger partial charge in [0.15, 0.2) is 10.1 Å². The van der Waals surface area contributed by atoms with Crippen LogP contribution in [0.4, 0.5) is 41.9 Å². The third-order valence-electron chi connectivity index (χ3n) is 13.0. The van der Waals surface area contributed by atoms with Crippen molar-refractivity contribution in [3.8, 4) is 0 Å². The zero-order valence-electron chi connectivity index (χ0n) is 56.6. The number of aromatic nitrogens is 2. The average molecular weight is 1480 g/mol. The van der Waals surface area contributed by atoms with Crippen LogP contribution >= 0.6 is 43.2 Å². The molecular weight excluding hydrogens is 1400 g/mol. The molecule has 0 fully saturated rings. The minimum atomic E-state index is -1.37. The van der Waals surface area contributed by atoms with Crippen molar-refractivity contribution in [1.29, 1.82) is 0 Å². The fourth-order valence-electron chi connectivity index (χ4n) is 8.31. The fraction of sp³-hybridized carbons (Fsp3) is 0.460.